The fourth-order valence-electron chi connectivity index (χ4n) is 3.01. The summed E-state index contributed by atoms with van der Waals surface area (Å²) in [4.78, 5) is 26.4. The third kappa shape index (κ3) is 2.39. The van der Waals surface area contributed by atoms with Crippen LogP contribution in [0.4, 0.5) is 5.69 Å². The summed E-state index contributed by atoms with van der Waals surface area (Å²) in [5, 5.41) is 0. The first kappa shape index (κ1) is 14.3. The maximum absolute atomic E-state index is 12.7. The van der Waals surface area contributed by atoms with Crippen LogP contribution in [0.25, 0.3) is 11.1 Å². The second-order valence-electron chi connectivity index (χ2n) is 5.49. The largest absolute Gasteiger partial charge is 0.420 e. The first-order valence-electron chi connectivity index (χ1n) is 7.30. The molecule has 4 rings (SSSR count). The Kier molecular flexibility index (Phi) is 3.34. The molecule has 0 aliphatic carbocycles. The number of para-hydroxylation sites is 2. The molecule has 0 N–H and O–H groups in total. The molecule has 0 bridgehead atoms. The van der Waals surface area contributed by atoms with Gasteiger partial charge in [0.25, 0.3) is 0 Å². The van der Waals surface area contributed by atoms with Crippen LogP contribution >= 0.6 is 15.9 Å². The highest BCUT2D eigenvalue weighted by molar-refractivity contribution is 9.10. The van der Waals surface area contributed by atoms with E-state index < -0.39 is 5.76 Å². The van der Waals surface area contributed by atoms with Gasteiger partial charge < -0.3 is 9.32 Å². The third-order valence-electron chi connectivity index (χ3n) is 4.11. The number of fused-ring (bicyclic) bond motifs is 2. The Morgan fingerprint density at radius 2 is 2.04 bits per heavy atom. The van der Waals surface area contributed by atoms with Crippen LogP contribution in [-0.2, 0) is 17.8 Å². The van der Waals surface area contributed by atoms with Gasteiger partial charge in [0, 0.05) is 16.7 Å². The Labute approximate surface area is 140 Å². The number of oxazole rings is 1. The van der Waals surface area contributed by atoms with E-state index in [0.29, 0.717) is 17.6 Å². The highest BCUT2D eigenvalue weighted by atomic mass is 79.9. The average molecular weight is 373 g/mol. The van der Waals surface area contributed by atoms with Crippen molar-refractivity contribution >= 4 is 38.6 Å². The zero-order valence-electron chi connectivity index (χ0n) is 12.2. The quantitative estimate of drug-likeness (QED) is 0.694. The number of anilines is 1. The monoisotopic (exact) mass is 372 g/mol. The molecule has 0 saturated carbocycles. The van der Waals surface area contributed by atoms with Gasteiger partial charge in [-0.25, -0.2) is 4.79 Å². The molecule has 23 heavy (non-hydrogen) atoms. The Balaban J connectivity index is 1.67. The zero-order chi connectivity index (χ0) is 16.0. The summed E-state index contributed by atoms with van der Waals surface area (Å²) in [5.74, 6) is -0.616. The van der Waals surface area contributed by atoms with Gasteiger partial charge in [-0.15, -0.1) is 0 Å². The van der Waals surface area contributed by atoms with Crippen LogP contribution < -0.4 is 10.7 Å². The highest BCUT2D eigenvalue weighted by Gasteiger charge is 2.25. The molecule has 1 aliphatic rings. The van der Waals surface area contributed by atoms with Crippen LogP contribution in [-0.4, -0.2) is 17.0 Å². The van der Waals surface area contributed by atoms with Crippen molar-refractivity contribution in [3.63, 3.8) is 0 Å². The molecule has 1 aliphatic heterocycles. The Hall–Kier alpha value is -2.34. The van der Waals surface area contributed by atoms with Gasteiger partial charge in [-0.05, 0) is 42.3 Å². The lowest BCUT2D eigenvalue weighted by atomic mass is 10.2. The number of halogens is 1. The van der Waals surface area contributed by atoms with E-state index in [2.05, 4.69) is 15.9 Å². The number of carbonyl (C=O) groups excluding carboxylic acids is 1. The highest BCUT2D eigenvalue weighted by Crippen LogP contribution is 2.30. The number of hydrogen-bond acceptors (Lipinski definition) is 3. The number of amides is 1. The lowest BCUT2D eigenvalue weighted by molar-refractivity contribution is -0.119. The molecular formula is C17H13BrN2O3. The molecule has 0 atom stereocenters. The topological polar surface area (TPSA) is 55.5 Å². The molecule has 2 aromatic carbocycles. The normalized spacial score (nSPS) is 13.5. The van der Waals surface area contributed by atoms with E-state index in [0.717, 1.165) is 22.1 Å². The van der Waals surface area contributed by atoms with Crippen molar-refractivity contribution in [3.05, 3.63) is 63.1 Å². The van der Waals surface area contributed by atoms with Crippen molar-refractivity contribution in [1.29, 1.82) is 0 Å². The van der Waals surface area contributed by atoms with E-state index in [-0.39, 0.29) is 12.5 Å². The first-order valence-corrected chi connectivity index (χ1v) is 8.10. The number of nitrogens with zero attached hydrogens (tertiary/aromatic N) is 2. The van der Waals surface area contributed by atoms with Crippen molar-refractivity contribution in [2.75, 3.05) is 11.4 Å². The molecular weight excluding hydrogens is 360 g/mol. The fourth-order valence-corrected chi connectivity index (χ4v) is 3.42. The molecule has 116 valence electrons. The van der Waals surface area contributed by atoms with Gasteiger partial charge in [-0.1, -0.05) is 28.1 Å². The Morgan fingerprint density at radius 1 is 1.22 bits per heavy atom. The Bertz CT molecular complexity index is 973. The van der Waals surface area contributed by atoms with Crippen LogP contribution in [0.2, 0.25) is 0 Å². The van der Waals surface area contributed by atoms with Gasteiger partial charge in [0.1, 0.15) is 6.54 Å². The Morgan fingerprint density at radius 3 is 2.91 bits per heavy atom. The second kappa shape index (κ2) is 5.38. The number of rotatable bonds is 2. The smallest absolute Gasteiger partial charge is 0.408 e. The molecule has 0 spiro atoms. The van der Waals surface area contributed by atoms with Gasteiger partial charge in [-0.3, -0.25) is 9.36 Å². The van der Waals surface area contributed by atoms with E-state index in [1.54, 1.807) is 23.1 Å². The maximum Gasteiger partial charge on any atom is 0.420 e. The number of aromatic nitrogens is 1. The summed E-state index contributed by atoms with van der Waals surface area (Å²) in [6.45, 7) is 0.612. The van der Waals surface area contributed by atoms with E-state index >= 15 is 0 Å². The molecule has 1 aromatic heterocycles. The summed E-state index contributed by atoms with van der Waals surface area (Å²) < 4.78 is 7.56. The zero-order valence-corrected chi connectivity index (χ0v) is 13.7. The molecule has 0 radical (unpaired) electrons. The first-order chi connectivity index (χ1) is 11.1. The van der Waals surface area contributed by atoms with Gasteiger partial charge in [0.2, 0.25) is 5.91 Å². The van der Waals surface area contributed by atoms with Crippen molar-refractivity contribution in [1.82, 2.24) is 4.57 Å². The molecule has 0 saturated heterocycles. The molecule has 0 fully saturated rings. The van der Waals surface area contributed by atoms with Gasteiger partial charge in [-0.2, -0.15) is 0 Å². The summed E-state index contributed by atoms with van der Waals surface area (Å²) in [5.41, 5.74) is 3.19. The van der Waals surface area contributed by atoms with E-state index in [4.69, 9.17) is 4.42 Å². The molecule has 2 heterocycles. The molecule has 3 aromatic rings. The third-order valence-corrected chi connectivity index (χ3v) is 4.60. The minimum atomic E-state index is -0.505. The average Bonchev–Trinajstić information content (AvgIpc) is 3.08. The molecule has 1 amide bonds. The van der Waals surface area contributed by atoms with Gasteiger partial charge in [0.05, 0.1) is 5.52 Å². The molecule has 6 heteroatoms. The van der Waals surface area contributed by atoms with Crippen molar-refractivity contribution in [3.8, 4) is 0 Å². The predicted octanol–water partition coefficient (Wildman–Crippen LogP) is 2.95. The number of carbonyl (C=O) groups is 1. The maximum atomic E-state index is 12.7. The lowest BCUT2D eigenvalue weighted by Crippen LogP contribution is -2.34. The molecule has 0 unspecified atom stereocenters. The van der Waals surface area contributed by atoms with Crippen LogP contribution in [0, 0.1) is 0 Å². The van der Waals surface area contributed by atoms with Crippen molar-refractivity contribution in [2.45, 2.75) is 13.0 Å². The second-order valence-corrected chi connectivity index (χ2v) is 6.41. The van der Waals surface area contributed by atoms with Crippen LogP contribution in [0.15, 0.2) is 56.1 Å². The lowest BCUT2D eigenvalue weighted by Gasteiger charge is -2.17. The van der Waals surface area contributed by atoms with Crippen molar-refractivity contribution < 1.29 is 9.21 Å². The minimum Gasteiger partial charge on any atom is -0.408 e. The number of benzene rings is 2. The number of hydrogen-bond donors (Lipinski definition) is 0. The van der Waals surface area contributed by atoms with Crippen molar-refractivity contribution in [2.24, 2.45) is 0 Å². The van der Waals surface area contributed by atoms with E-state index in [9.17, 15) is 9.59 Å². The minimum absolute atomic E-state index is 0.0225. The SMILES string of the molecule is O=C(Cn1c(=O)oc2ccccc21)N1CCc2cc(Br)ccc21. The summed E-state index contributed by atoms with van der Waals surface area (Å²) in [6, 6.07) is 13.0. The summed E-state index contributed by atoms with van der Waals surface area (Å²) in [7, 11) is 0. The standard InChI is InChI=1S/C17H13BrN2O3/c18-12-5-6-13-11(9-12)7-8-19(13)16(21)10-20-14-3-1-2-4-15(14)23-17(20)22/h1-6,9H,7-8,10H2. The predicted molar refractivity (Wildman–Crippen MR) is 90.7 cm³/mol. The van der Waals surface area contributed by atoms with Gasteiger partial charge >= 0.3 is 5.76 Å². The molecule has 5 nitrogen and oxygen atoms in total. The van der Waals surface area contributed by atoms with E-state index in [1.807, 2.05) is 24.3 Å². The van der Waals surface area contributed by atoms with Crippen LogP contribution in [0.1, 0.15) is 5.56 Å². The van der Waals surface area contributed by atoms with Crippen LogP contribution in [0.5, 0.6) is 0 Å². The fraction of sp³-hybridized carbons (Fsp3) is 0.176. The van der Waals surface area contributed by atoms with Crippen LogP contribution in [0.3, 0.4) is 0 Å². The van der Waals surface area contributed by atoms with E-state index in [1.165, 1.54) is 4.57 Å². The van der Waals surface area contributed by atoms with Gasteiger partial charge in [0.15, 0.2) is 5.58 Å². The summed E-state index contributed by atoms with van der Waals surface area (Å²) in [6.07, 6.45) is 0.821. The summed E-state index contributed by atoms with van der Waals surface area (Å²) >= 11 is 3.45.